The average molecular weight is 296 g/mol. The fourth-order valence-electron chi connectivity index (χ4n) is 1.91. The molecule has 0 aliphatic heterocycles. The van der Waals surface area contributed by atoms with Crippen molar-refractivity contribution in [3.8, 4) is 10.6 Å². The van der Waals surface area contributed by atoms with Gasteiger partial charge in [0.2, 0.25) is 0 Å². The quantitative estimate of drug-likeness (QED) is 0.788. The molecule has 0 aromatic carbocycles. The number of unbranched alkanes of at least 4 members (excludes halogenated alkanes) is 1. The van der Waals surface area contributed by atoms with E-state index in [4.69, 9.17) is 11.6 Å². The lowest BCUT2D eigenvalue weighted by Gasteiger charge is -2.12. The first-order chi connectivity index (χ1) is 9.15. The van der Waals surface area contributed by atoms with E-state index in [1.54, 1.807) is 22.0 Å². The van der Waals surface area contributed by atoms with Crippen LogP contribution in [0.3, 0.4) is 0 Å². The van der Waals surface area contributed by atoms with E-state index in [2.05, 4.69) is 6.92 Å². The zero-order chi connectivity index (χ0) is 13.8. The lowest BCUT2D eigenvalue weighted by molar-refractivity contribution is 0.107. The van der Waals surface area contributed by atoms with E-state index in [9.17, 15) is 9.59 Å². The number of hydrogen-bond acceptors (Lipinski definition) is 3. The molecule has 0 spiro atoms. The second kappa shape index (κ2) is 6.17. The lowest BCUT2D eigenvalue weighted by Crippen LogP contribution is -2.26. The second-order valence-corrected chi connectivity index (χ2v) is 5.48. The van der Waals surface area contributed by atoms with E-state index >= 15 is 0 Å². The standard InChI is InChI=1S/C14H14ClNO2S/c1-2-3-8-16-11(12-5-4-9-19-12)7-6-10(13(15)17)14(16)18/h4-7,9H,2-3,8H2,1H3. The monoisotopic (exact) mass is 295 g/mol. The summed E-state index contributed by atoms with van der Waals surface area (Å²) in [4.78, 5) is 24.6. The van der Waals surface area contributed by atoms with Gasteiger partial charge in [0.1, 0.15) is 0 Å². The predicted octanol–water partition coefficient (Wildman–Crippen LogP) is 3.76. The fourth-order valence-corrected chi connectivity index (χ4v) is 2.81. The Balaban J connectivity index is 2.58. The van der Waals surface area contributed by atoms with Crippen molar-refractivity contribution in [3.05, 3.63) is 45.6 Å². The van der Waals surface area contributed by atoms with E-state index in [1.165, 1.54) is 6.07 Å². The van der Waals surface area contributed by atoms with Crippen LogP contribution in [-0.2, 0) is 6.54 Å². The Labute approximate surface area is 120 Å². The van der Waals surface area contributed by atoms with Crippen molar-refractivity contribution in [2.24, 2.45) is 0 Å². The molecule has 0 N–H and O–H groups in total. The van der Waals surface area contributed by atoms with Crippen LogP contribution in [0.2, 0.25) is 0 Å². The molecule has 19 heavy (non-hydrogen) atoms. The number of aromatic nitrogens is 1. The fraction of sp³-hybridized carbons (Fsp3) is 0.286. The minimum absolute atomic E-state index is 0.0399. The maximum absolute atomic E-state index is 12.3. The SMILES string of the molecule is CCCCn1c(-c2cccs2)ccc(C(=O)Cl)c1=O. The molecule has 0 bridgehead atoms. The number of carbonyl (C=O) groups is 1. The number of carbonyl (C=O) groups excluding carboxylic acids is 1. The van der Waals surface area contributed by atoms with Gasteiger partial charge in [-0.3, -0.25) is 9.59 Å². The molecular formula is C14H14ClNO2S. The van der Waals surface area contributed by atoms with Gasteiger partial charge in [0, 0.05) is 6.54 Å². The second-order valence-electron chi connectivity index (χ2n) is 4.19. The van der Waals surface area contributed by atoms with Crippen molar-refractivity contribution < 1.29 is 4.79 Å². The highest BCUT2D eigenvalue weighted by Gasteiger charge is 2.14. The first kappa shape index (κ1) is 14.0. The third kappa shape index (κ3) is 2.96. The molecule has 0 saturated heterocycles. The molecule has 2 aromatic rings. The summed E-state index contributed by atoms with van der Waals surface area (Å²) < 4.78 is 1.64. The Bertz CT molecular complexity index is 631. The van der Waals surface area contributed by atoms with Crippen LogP contribution in [0.25, 0.3) is 10.6 Å². The normalized spacial score (nSPS) is 10.6. The summed E-state index contributed by atoms with van der Waals surface area (Å²) in [5, 5.41) is 1.26. The van der Waals surface area contributed by atoms with Crippen LogP contribution >= 0.6 is 22.9 Å². The van der Waals surface area contributed by atoms with Crippen LogP contribution in [0, 0.1) is 0 Å². The molecule has 0 aliphatic rings. The third-order valence-corrected chi connectivity index (χ3v) is 3.99. The molecule has 0 radical (unpaired) electrons. The van der Waals surface area contributed by atoms with E-state index in [1.807, 2.05) is 17.5 Å². The molecule has 5 heteroatoms. The van der Waals surface area contributed by atoms with Gasteiger partial charge in [0.25, 0.3) is 10.8 Å². The zero-order valence-corrected chi connectivity index (χ0v) is 12.1. The third-order valence-electron chi connectivity index (χ3n) is 2.89. The van der Waals surface area contributed by atoms with Crippen LogP contribution in [0.4, 0.5) is 0 Å². The van der Waals surface area contributed by atoms with Crippen LogP contribution < -0.4 is 5.56 Å². The van der Waals surface area contributed by atoms with E-state index in [0.29, 0.717) is 6.54 Å². The Kier molecular flexibility index (Phi) is 4.56. The maximum Gasteiger partial charge on any atom is 0.263 e. The first-order valence-electron chi connectivity index (χ1n) is 6.12. The molecule has 0 unspecified atom stereocenters. The molecule has 0 amide bonds. The highest BCUT2D eigenvalue weighted by atomic mass is 35.5. The molecule has 0 atom stereocenters. The summed E-state index contributed by atoms with van der Waals surface area (Å²) in [5.41, 5.74) is 0.576. The smallest absolute Gasteiger partial charge is 0.263 e. The van der Waals surface area contributed by atoms with Crippen molar-refractivity contribution in [1.29, 1.82) is 0 Å². The first-order valence-corrected chi connectivity index (χ1v) is 7.38. The molecule has 0 aliphatic carbocycles. The summed E-state index contributed by atoms with van der Waals surface area (Å²) in [6.07, 6.45) is 1.87. The summed E-state index contributed by atoms with van der Waals surface area (Å²) in [6, 6.07) is 7.20. The van der Waals surface area contributed by atoms with Gasteiger partial charge >= 0.3 is 0 Å². The number of rotatable bonds is 5. The van der Waals surface area contributed by atoms with Crippen LogP contribution in [0.1, 0.15) is 30.1 Å². The van der Waals surface area contributed by atoms with Crippen LogP contribution in [0.15, 0.2) is 34.4 Å². The van der Waals surface area contributed by atoms with Crippen LogP contribution in [0.5, 0.6) is 0 Å². The minimum atomic E-state index is -0.701. The number of nitrogens with zero attached hydrogens (tertiary/aromatic N) is 1. The van der Waals surface area contributed by atoms with Gasteiger partial charge in [-0.2, -0.15) is 0 Å². The molecule has 0 fully saturated rings. The predicted molar refractivity (Wildman–Crippen MR) is 79.1 cm³/mol. The summed E-state index contributed by atoms with van der Waals surface area (Å²) >= 11 is 7.01. The highest BCUT2D eigenvalue weighted by molar-refractivity contribution is 7.13. The van der Waals surface area contributed by atoms with Gasteiger partial charge in [-0.1, -0.05) is 19.4 Å². The highest BCUT2D eigenvalue weighted by Crippen LogP contribution is 2.24. The number of hydrogen-bond donors (Lipinski definition) is 0. The molecule has 2 rings (SSSR count). The summed E-state index contributed by atoms with van der Waals surface area (Å²) in [7, 11) is 0. The number of halogens is 1. The van der Waals surface area contributed by atoms with Gasteiger partial charge in [-0.25, -0.2) is 0 Å². The molecular weight excluding hydrogens is 282 g/mol. The van der Waals surface area contributed by atoms with Crippen molar-refractivity contribution in [1.82, 2.24) is 4.57 Å². The van der Waals surface area contributed by atoms with Gasteiger partial charge in [-0.05, 0) is 41.6 Å². The largest absolute Gasteiger partial charge is 0.307 e. The average Bonchev–Trinajstić information content (AvgIpc) is 2.90. The van der Waals surface area contributed by atoms with Gasteiger partial charge in [-0.15, -0.1) is 11.3 Å². The van der Waals surface area contributed by atoms with Gasteiger partial charge in [0.05, 0.1) is 16.1 Å². The van der Waals surface area contributed by atoms with Gasteiger partial charge in [0.15, 0.2) is 0 Å². The van der Waals surface area contributed by atoms with E-state index in [-0.39, 0.29) is 11.1 Å². The van der Waals surface area contributed by atoms with Crippen LogP contribution in [-0.4, -0.2) is 9.81 Å². The van der Waals surface area contributed by atoms with Crippen molar-refractivity contribution in [2.75, 3.05) is 0 Å². The van der Waals surface area contributed by atoms with Crippen molar-refractivity contribution in [3.63, 3.8) is 0 Å². The Hall–Kier alpha value is -1.39. The number of thiophene rings is 1. The summed E-state index contributed by atoms with van der Waals surface area (Å²) in [5.74, 6) is 0. The Morgan fingerprint density at radius 2 is 2.16 bits per heavy atom. The van der Waals surface area contributed by atoms with Crippen molar-refractivity contribution >= 4 is 28.2 Å². The molecule has 2 heterocycles. The van der Waals surface area contributed by atoms with Gasteiger partial charge < -0.3 is 4.57 Å². The molecule has 2 aromatic heterocycles. The van der Waals surface area contributed by atoms with E-state index in [0.717, 1.165) is 23.4 Å². The summed E-state index contributed by atoms with van der Waals surface area (Å²) in [6.45, 7) is 2.66. The minimum Gasteiger partial charge on any atom is -0.307 e. The topological polar surface area (TPSA) is 39.1 Å². The zero-order valence-electron chi connectivity index (χ0n) is 10.6. The van der Waals surface area contributed by atoms with Crippen molar-refractivity contribution in [2.45, 2.75) is 26.3 Å². The van der Waals surface area contributed by atoms with E-state index < -0.39 is 5.24 Å². The molecule has 3 nitrogen and oxygen atoms in total. The molecule has 100 valence electrons. The Morgan fingerprint density at radius 3 is 2.74 bits per heavy atom. The lowest BCUT2D eigenvalue weighted by atomic mass is 10.2. The molecule has 0 saturated carbocycles. The Morgan fingerprint density at radius 1 is 1.37 bits per heavy atom. The number of pyridine rings is 1. The maximum atomic E-state index is 12.3.